The fraction of sp³-hybridized carbons (Fsp3) is 0.412. The molecule has 0 amide bonds. The molecule has 0 unspecified atom stereocenters. The van der Waals surface area contributed by atoms with Crippen LogP contribution in [0.4, 0.5) is 0 Å². The van der Waals surface area contributed by atoms with E-state index in [-0.39, 0.29) is 11.5 Å². The largest absolute Gasteiger partial charge is 0.466 e. The highest BCUT2D eigenvalue weighted by Crippen LogP contribution is 2.09. The van der Waals surface area contributed by atoms with Crippen LogP contribution in [0.2, 0.25) is 0 Å². The van der Waals surface area contributed by atoms with Crippen molar-refractivity contribution in [1.29, 1.82) is 0 Å². The molecule has 0 saturated carbocycles. The van der Waals surface area contributed by atoms with Gasteiger partial charge in [-0.3, -0.25) is 9.59 Å². The van der Waals surface area contributed by atoms with Crippen LogP contribution >= 0.6 is 0 Å². The number of nitrogens with zero attached hydrogens (tertiary/aromatic N) is 1. The van der Waals surface area contributed by atoms with Gasteiger partial charge >= 0.3 is 5.97 Å². The van der Waals surface area contributed by atoms with Gasteiger partial charge in [0.25, 0.3) is 5.56 Å². The Labute approximate surface area is 124 Å². The molecule has 0 fully saturated rings. The Morgan fingerprint density at radius 2 is 1.95 bits per heavy atom. The fourth-order valence-corrected chi connectivity index (χ4v) is 2.37. The Kier molecular flexibility index (Phi) is 5.55. The molecule has 0 bridgehead atoms. The molecule has 4 nitrogen and oxygen atoms in total. The minimum absolute atomic E-state index is 0.0542. The van der Waals surface area contributed by atoms with Gasteiger partial charge in [0.1, 0.15) is 0 Å². The molecule has 2 aromatic rings. The first kappa shape index (κ1) is 15.3. The van der Waals surface area contributed by atoms with Crippen LogP contribution in [0.15, 0.2) is 41.3 Å². The van der Waals surface area contributed by atoms with Gasteiger partial charge in [0.05, 0.1) is 6.61 Å². The van der Waals surface area contributed by atoms with Crippen molar-refractivity contribution >= 4 is 16.7 Å². The molecule has 0 aliphatic heterocycles. The molecular formula is C17H21NO3. The summed E-state index contributed by atoms with van der Waals surface area (Å²) < 4.78 is 6.62. The zero-order valence-electron chi connectivity index (χ0n) is 12.4. The van der Waals surface area contributed by atoms with Gasteiger partial charge in [0.2, 0.25) is 0 Å². The molecule has 21 heavy (non-hydrogen) atoms. The highest BCUT2D eigenvalue weighted by molar-refractivity contribution is 5.81. The first-order valence-electron chi connectivity index (χ1n) is 7.46. The minimum Gasteiger partial charge on any atom is -0.466 e. The number of aryl methyl sites for hydroxylation is 1. The third-order valence-electron chi connectivity index (χ3n) is 3.47. The number of hydrogen-bond acceptors (Lipinski definition) is 3. The van der Waals surface area contributed by atoms with E-state index in [1.54, 1.807) is 4.57 Å². The first-order valence-corrected chi connectivity index (χ1v) is 7.46. The predicted octanol–water partition coefficient (Wildman–Crippen LogP) is 3.13. The van der Waals surface area contributed by atoms with Gasteiger partial charge in [-0.05, 0) is 37.3 Å². The van der Waals surface area contributed by atoms with Gasteiger partial charge in [-0.15, -0.1) is 0 Å². The third-order valence-corrected chi connectivity index (χ3v) is 3.47. The maximum absolute atomic E-state index is 12.3. The lowest BCUT2D eigenvalue weighted by atomic mass is 10.1. The summed E-state index contributed by atoms with van der Waals surface area (Å²) in [6, 6.07) is 9.58. The average Bonchev–Trinajstić information content (AvgIpc) is 2.49. The van der Waals surface area contributed by atoms with Crippen LogP contribution in [0.3, 0.4) is 0 Å². The van der Waals surface area contributed by atoms with Crippen molar-refractivity contribution in [3.8, 4) is 0 Å². The van der Waals surface area contributed by atoms with Gasteiger partial charge < -0.3 is 9.30 Å². The number of fused-ring (bicyclic) bond motifs is 1. The van der Waals surface area contributed by atoms with E-state index in [0.717, 1.165) is 30.0 Å². The number of unbranched alkanes of at least 4 members (excludes halogenated alkanes) is 2. The molecule has 0 radical (unpaired) electrons. The van der Waals surface area contributed by atoms with E-state index in [2.05, 4.69) is 0 Å². The molecule has 0 spiro atoms. The molecule has 112 valence electrons. The Bertz CT molecular complexity index is 660. The summed E-state index contributed by atoms with van der Waals surface area (Å²) >= 11 is 0. The van der Waals surface area contributed by atoms with E-state index in [1.165, 1.54) is 0 Å². The zero-order valence-corrected chi connectivity index (χ0v) is 12.4. The van der Waals surface area contributed by atoms with E-state index in [9.17, 15) is 9.59 Å². The van der Waals surface area contributed by atoms with Crippen LogP contribution in [0, 0.1) is 0 Å². The SMILES string of the molecule is CCOC(=O)CCCCCn1ccc2ccccc2c1=O. The lowest BCUT2D eigenvalue weighted by Crippen LogP contribution is -2.19. The number of rotatable bonds is 7. The standard InChI is InChI=1S/C17H21NO3/c1-2-21-16(19)10-4-3-7-12-18-13-11-14-8-5-6-9-15(14)17(18)20/h5-6,8-9,11,13H,2-4,7,10,12H2,1H3. The molecule has 1 aromatic carbocycles. The molecule has 1 heterocycles. The second kappa shape index (κ2) is 7.62. The van der Waals surface area contributed by atoms with Crippen molar-refractivity contribution in [2.24, 2.45) is 0 Å². The van der Waals surface area contributed by atoms with Gasteiger partial charge in [0.15, 0.2) is 0 Å². The van der Waals surface area contributed by atoms with Gasteiger partial charge in [-0.2, -0.15) is 0 Å². The van der Waals surface area contributed by atoms with E-state index < -0.39 is 0 Å². The van der Waals surface area contributed by atoms with Crippen molar-refractivity contribution in [1.82, 2.24) is 4.57 Å². The normalized spacial score (nSPS) is 10.7. The van der Waals surface area contributed by atoms with E-state index >= 15 is 0 Å². The highest BCUT2D eigenvalue weighted by atomic mass is 16.5. The number of esters is 1. The molecule has 4 heteroatoms. The van der Waals surface area contributed by atoms with E-state index in [4.69, 9.17) is 4.74 Å². The van der Waals surface area contributed by atoms with E-state index in [0.29, 0.717) is 19.6 Å². The maximum Gasteiger partial charge on any atom is 0.305 e. The minimum atomic E-state index is -0.139. The number of pyridine rings is 1. The van der Waals surface area contributed by atoms with Crippen LogP contribution in [-0.4, -0.2) is 17.1 Å². The molecule has 0 saturated heterocycles. The second-order valence-electron chi connectivity index (χ2n) is 5.02. The lowest BCUT2D eigenvalue weighted by Gasteiger charge is -2.07. The number of hydrogen-bond donors (Lipinski definition) is 0. The van der Waals surface area contributed by atoms with Gasteiger partial charge in [-0.1, -0.05) is 24.6 Å². The van der Waals surface area contributed by atoms with Gasteiger partial charge in [0, 0.05) is 24.5 Å². The summed E-state index contributed by atoms with van der Waals surface area (Å²) in [5, 5.41) is 1.73. The third kappa shape index (κ3) is 4.18. The molecular weight excluding hydrogens is 266 g/mol. The summed E-state index contributed by atoms with van der Waals surface area (Å²) in [5.41, 5.74) is 0.0542. The topological polar surface area (TPSA) is 48.3 Å². The molecule has 1 aromatic heterocycles. The number of carbonyl (C=O) groups excluding carboxylic acids is 1. The fourth-order valence-electron chi connectivity index (χ4n) is 2.37. The Morgan fingerprint density at radius 1 is 1.14 bits per heavy atom. The lowest BCUT2D eigenvalue weighted by molar-refractivity contribution is -0.143. The first-order chi connectivity index (χ1) is 10.2. The van der Waals surface area contributed by atoms with Crippen LogP contribution in [0.25, 0.3) is 10.8 Å². The second-order valence-corrected chi connectivity index (χ2v) is 5.02. The van der Waals surface area contributed by atoms with Crippen LogP contribution in [0.1, 0.15) is 32.6 Å². The molecule has 0 aliphatic carbocycles. The number of benzene rings is 1. The molecule has 0 N–H and O–H groups in total. The number of aromatic nitrogens is 1. The van der Waals surface area contributed by atoms with Crippen LogP contribution in [-0.2, 0) is 16.1 Å². The molecule has 0 aliphatic rings. The highest BCUT2D eigenvalue weighted by Gasteiger charge is 2.03. The number of ether oxygens (including phenoxy) is 1. The summed E-state index contributed by atoms with van der Waals surface area (Å²) in [6.07, 6.45) is 4.91. The van der Waals surface area contributed by atoms with E-state index in [1.807, 2.05) is 43.5 Å². The monoisotopic (exact) mass is 287 g/mol. The van der Waals surface area contributed by atoms with Crippen LogP contribution in [0.5, 0.6) is 0 Å². The number of carbonyl (C=O) groups is 1. The van der Waals surface area contributed by atoms with Gasteiger partial charge in [-0.25, -0.2) is 0 Å². The van der Waals surface area contributed by atoms with Crippen molar-refractivity contribution < 1.29 is 9.53 Å². The molecule has 0 atom stereocenters. The smallest absolute Gasteiger partial charge is 0.305 e. The summed E-state index contributed by atoms with van der Waals surface area (Å²) in [7, 11) is 0. The summed E-state index contributed by atoms with van der Waals surface area (Å²) in [4.78, 5) is 23.5. The van der Waals surface area contributed by atoms with Crippen molar-refractivity contribution in [3.63, 3.8) is 0 Å². The van der Waals surface area contributed by atoms with Crippen molar-refractivity contribution in [3.05, 3.63) is 46.9 Å². The maximum atomic E-state index is 12.3. The Hall–Kier alpha value is -2.10. The van der Waals surface area contributed by atoms with Crippen LogP contribution < -0.4 is 5.56 Å². The Morgan fingerprint density at radius 3 is 2.76 bits per heavy atom. The average molecular weight is 287 g/mol. The Balaban J connectivity index is 1.85. The predicted molar refractivity (Wildman–Crippen MR) is 83.3 cm³/mol. The summed E-state index contributed by atoms with van der Waals surface area (Å²) in [5.74, 6) is -0.139. The molecule has 2 rings (SSSR count). The zero-order chi connectivity index (χ0) is 15.1. The van der Waals surface area contributed by atoms with Crippen molar-refractivity contribution in [2.45, 2.75) is 39.2 Å². The summed E-state index contributed by atoms with van der Waals surface area (Å²) in [6.45, 7) is 2.93. The van der Waals surface area contributed by atoms with Crippen molar-refractivity contribution in [2.75, 3.05) is 6.61 Å². The quantitative estimate of drug-likeness (QED) is 0.580.